The van der Waals surface area contributed by atoms with Gasteiger partial charge in [-0.25, -0.2) is 4.79 Å². The Morgan fingerprint density at radius 2 is 2.16 bits per heavy atom. The van der Waals surface area contributed by atoms with Crippen LogP contribution < -0.4 is 0 Å². The molecular formula is C17H16N2O5S. The van der Waals surface area contributed by atoms with E-state index in [1.165, 1.54) is 23.1 Å². The molecule has 1 aromatic carbocycles. The lowest BCUT2D eigenvalue weighted by Gasteiger charge is -2.26. The molecule has 25 heavy (non-hydrogen) atoms. The van der Waals surface area contributed by atoms with Crippen molar-refractivity contribution in [2.24, 2.45) is 0 Å². The maximum absolute atomic E-state index is 12.2. The molecule has 0 saturated heterocycles. The monoisotopic (exact) mass is 360 g/mol. The first-order valence-corrected chi connectivity index (χ1v) is 8.59. The van der Waals surface area contributed by atoms with Crippen LogP contribution in [0.25, 0.3) is 0 Å². The Morgan fingerprint density at radius 1 is 1.36 bits per heavy atom. The second-order valence-corrected chi connectivity index (χ2v) is 6.77. The van der Waals surface area contributed by atoms with Crippen molar-refractivity contribution in [3.63, 3.8) is 0 Å². The molecule has 0 radical (unpaired) electrons. The van der Waals surface area contributed by atoms with Gasteiger partial charge in [0.2, 0.25) is 0 Å². The molecule has 1 aliphatic heterocycles. The number of nitro groups is 1. The van der Waals surface area contributed by atoms with Crippen LogP contribution in [0.3, 0.4) is 0 Å². The van der Waals surface area contributed by atoms with Crippen LogP contribution in [0.15, 0.2) is 29.6 Å². The minimum Gasteiger partial charge on any atom is -0.452 e. The highest BCUT2D eigenvalue weighted by molar-refractivity contribution is 7.10. The predicted molar refractivity (Wildman–Crippen MR) is 91.6 cm³/mol. The fourth-order valence-electron chi connectivity index (χ4n) is 2.70. The summed E-state index contributed by atoms with van der Waals surface area (Å²) in [5.74, 6) is -1.02. The van der Waals surface area contributed by atoms with Gasteiger partial charge in [-0.2, -0.15) is 0 Å². The molecule has 1 aliphatic rings. The molecule has 0 fully saturated rings. The fourth-order valence-corrected chi connectivity index (χ4v) is 3.59. The second kappa shape index (κ2) is 7.02. The summed E-state index contributed by atoms with van der Waals surface area (Å²) in [5, 5.41) is 12.9. The van der Waals surface area contributed by atoms with Crippen molar-refractivity contribution >= 4 is 28.9 Å². The third kappa shape index (κ3) is 3.69. The molecule has 0 aliphatic carbocycles. The van der Waals surface area contributed by atoms with Gasteiger partial charge in [0.05, 0.1) is 10.5 Å². The Morgan fingerprint density at radius 3 is 2.92 bits per heavy atom. The summed E-state index contributed by atoms with van der Waals surface area (Å²) >= 11 is 1.68. The fraction of sp³-hybridized carbons (Fsp3) is 0.294. The number of carbonyl (C=O) groups is 2. The van der Waals surface area contributed by atoms with Gasteiger partial charge >= 0.3 is 5.97 Å². The zero-order valence-electron chi connectivity index (χ0n) is 13.6. The highest BCUT2D eigenvalue weighted by Gasteiger charge is 2.23. The lowest BCUT2D eigenvalue weighted by molar-refractivity contribution is -0.385. The standard InChI is InChI=1S/C17H16N2O5S/c1-11-2-3-12(8-14(11)19(22)23)17(21)24-10-16(20)18-6-4-15-13(9-18)5-7-25-15/h2-3,5,7-8H,4,6,9-10H2,1H3. The number of aryl methyl sites for hydroxylation is 1. The molecule has 1 aromatic heterocycles. The lowest BCUT2D eigenvalue weighted by Crippen LogP contribution is -2.38. The highest BCUT2D eigenvalue weighted by atomic mass is 32.1. The molecule has 8 heteroatoms. The number of ether oxygens (including phenoxy) is 1. The van der Waals surface area contributed by atoms with E-state index >= 15 is 0 Å². The summed E-state index contributed by atoms with van der Waals surface area (Å²) in [6, 6.07) is 6.10. The number of nitrogens with zero attached hydrogens (tertiary/aromatic N) is 2. The Balaban J connectivity index is 1.60. The summed E-state index contributed by atoms with van der Waals surface area (Å²) in [6.45, 7) is 2.33. The third-order valence-corrected chi connectivity index (χ3v) is 5.15. The number of rotatable bonds is 4. The highest BCUT2D eigenvalue weighted by Crippen LogP contribution is 2.24. The summed E-state index contributed by atoms with van der Waals surface area (Å²) in [4.78, 5) is 37.6. The first-order valence-electron chi connectivity index (χ1n) is 7.71. The minimum atomic E-state index is -0.746. The Bertz CT molecular complexity index is 845. The van der Waals surface area contributed by atoms with E-state index in [0.717, 1.165) is 12.0 Å². The van der Waals surface area contributed by atoms with Crippen LogP contribution in [-0.2, 0) is 22.5 Å². The maximum atomic E-state index is 12.2. The zero-order valence-corrected chi connectivity index (χ0v) is 14.4. The minimum absolute atomic E-state index is 0.0591. The van der Waals surface area contributed by atoms with E-state index in [1.807, 2.05) is 11.4 Å². The molecule has 2 aromatic rings. The first-order chi connectivity index (χ1) is 12.0. The van der Waals surface area contributed by atoms with Crippen LogP contribution in [0, 0.1) is 17.0 Å². The van der Waals surface area contributed by atoms with Crippen molar-refractivity contribution in [2.45, 2.75) is 19.9 Å². The number of amides is 1. The smallest absolute Gasteiger partial charge is 0.338 e. The quantitative estimate of drug-likeness (QED) is 0.475. The van der Waals surface area contributed by atoms with E-state index in [4.69, 9.17) is 4.74 Å². The number of benzene rings is 1. The van der Waals surface area contributed by atoms with Gasteiger partial charge in [-0.15, -0.1) is 11.3 Å². The van der Waals surface area contributed by atoms with Crippen molar-refractivity contribution in [3.8, 4) is 0 Å². The molecule has 2 heterocycles. The van der Waals surface area contributed by atoms with Crippen molar-refractivity contribution in [1.82, 2.24) is 4.90 Å². The van der Waals surface area contributed by atoms with Gasteiger partial charge in [-0.3, -0.25) is 14.9 Å². The average Bonchev–Trinajstić information content (AvgIpc) is 3.07. The predicted octanol–water partition coefficient (Wildman–Crippen LogP) is 2.71. The lowest BCUT2D eigenvalue weighted by atomic mass is 10.1. The Hall–Kier alpha value is -2.74. The van der Waals surface area contributed by atoms with Gasteiger partial charge in [0, 0.05) is 29.6 Å². The topological polar surface area (TPSA) is 89.8 Å². The van der Waals surface area contributed by atoms with Crippen LogP contribution >= 0.6 is 11.3 Å². The normalized spacial score (nSPS) is 13.2. The number of hydrogen-bond acceptors (Lipinski definition) is 6. The Kier molecular flexibility index (Phi) is 4.80. The van der Waals surface area contributed by atoms with Gasteiger partial charge in [0.1, 0.15) is 0 Å². The summed E-state index contributed by atoms with van der Waals surface area (Å²) in [7, 11) is 0. The van der Waals surface area contributed by atoms with Gasteiger partial charge in [0.25, 0.3) is 11.6 Å². The molecule has 3 rings (SSSR count). The summed E-state index contributed by atoms with van der Waals surface area (Å²) in [6.07, 6.45) is 0.802. The number of thiophene rings is 1. The van der Waals surface area contributed by atoms with Gasteiger partial charge < -0.3 is 9.64 Å². The van der Waals surface area contributed by atoms with Gasteiger partial charge in [-0.05, 0) is 36.4 Å². The molecule has 0 saturated carbocycles. The van der Waals surface area contributed by atoms with E-state index < -0.39 is 10.9 Å². The number of nitro benzene ring substituents is 1. The van der Waals surface area contributed by atoms with Crippen molar-refractivity contribution < 1.29 is 19.2 Å². The van der Waals surface area contributed by atoms with Crippen LogP contribution in [-0.4, -0.2) is 34.9 Å². The Labute approximate surface area is 148 Å². The molecule has 0 N–H and O–H groups in total. The van der Waals surface area contributed by atoms with E-state index in [-0.39, 0.29) is 23.8 Å². The third-order valence-electron chi connectivity index (χ3n) is 4.13. The molecule has 0 unspecified atom stereocenters. The van der Waals surface area contributed by atoms with E-state index in [0.29, 0.717) is 18.7 Å². The molecule has 0 spiro atoms. The molecule has 0 bridgehead atoms. The zero-order chi connectivity index (χ0) is 18.0. The number of carbonyl (C=O) groups excluding carboxylic acids is 2. The first kappa shape index (κ1) is 17.1. The van der Waals surface area contributed by atoms with Crippen LogP contribution in [0.2, 0.25) is 0 Å². The van der Waals surface area contributed by atoms with E-state index in [9.17, 15) is 19.7 Å². The van der Waals surface area contributed by atoms with E-state index in [2.05, 4.69) is 0 Å². The number of fused-ring (bicyclic) bond motifs is 1. The van der Waals surface area contributed by atoms with Crippen molar-refractivity contribution in [2.75, 3.05) is 13.2 Å². The maximum Gasteiger partial charge on any atom is 0.338 e. The van der Waals surface area contributed by atoms with E-state index in [1.54, 1.807) is 23.2 Å². The molecular weight excluding hydrogens is 344 g/mol. The molecule has 1 amide bonds. The second-order valence-electron chi connectivity index (χ2n) is 5.77. The average molecular weight is 360 g/mol. The summed E-state index contributed by atoms with van der Waals surface area (Å²) in [5.41, 5.74) is 1.49. The van der Waals surface area contributed by atoms with Crippen molar-refractivity contribution in [3.05, 3.63) is 61.3 Å². The van der Waals surface area contributed by atoms with Crippen molar-refractivity contribution in [1.29, 1.82) is 0 Å². The molecule has 0 atom stereocenters. The molecule has 130 valence electrons. The number of esters is 1. The van der Waals surface area contributed by atoms with Gasteiger partial charge in [0.15, 0.2) is 6.61 Å². The SMILES string of the molecule is Cc1ccc(C(=O)OCC(=O)N2CCc3sccc3C2)cc1[N+](=O)[O-]. The van der Waals surface area contributed by atoms with Gasteiger partial charge in [-0.1, -0.05) is 6.07 Å². The molecule has 7 nitrogen and oxygen atoms in total. The van der Waals surface area contributed by atoms with Crippen LogP contribution in [0.4, 0.5) is 5.69 Å². The van der Waals surface area contributed by atoms with Crippen LogP contribution in [0.1, 0.15) is 26.4 Å². The largest absolute Gasteiger partial charge is 0.452 e. The summed E-state index contributed by atoms with van der Waals surface area (Å²) < 4.78 is 5.04. The van der Waals surface area contributed by atoms with Crippen LogP contribution in [0.5, 0.6) is 0 Å². The number of hydrogen-bond donors (Lipinski definition) is 0.